The number of hydrogen-bond acceptors (Lipinski definition) is 2. The number of rotatable bonds is 2. The molecule has 3 aliphatic rings. The van der Waals surface area contributed by atoms with Crippen LogP contribution in [0, 0.1) is 27.7 Å². The Morgan fingerprint density at radius 3 is 1.21 bits per heavy atom. The summed E-state index contributed by atoms with van der Waals surface area (Å²) in [5.41, 5.74) is 11.4. The molecule has 0 saturated carbocycles. The van der Waals surface area contributed by atoms with E-state index in [9.17, 15) is 0 Å². The first kappa shape index (κ1) is 22.1. The summed E-state index contributed by atoms with van der Waals surface area (Å²) in [4.78, 5) is 2.77. The third kappa shape index (κ3) is 2.82. The lowest BCUT2D eigenvalue weighted by Gasteiger charge is -2.45. The van der Waals surface area contributed by atoms with Crippen molar-refractivity contribution in [1.29, 1.82) is 0 Å². The Morgan fingerprint density at radius 2 is 0.853 bits per heavy atom. The van der Waals surface area contributed by atoms with Gasteiger partial charge in [-0.2, -0.15) is 0 Å². The van der Waals surface area contributed by atoms with Gasteiger partial charge in [-0.1, -0.05) is 60.7 Å². The van der Waals surface area contributed by atoms with Crippen LogP contribution in [-0.4, -0.2) is 9.49 Å². The smallest absolute Gasteiger partial charge is 0.0622 e. The number of fused-ring (bicyclic) bond motifs is 4. The number of benzene rings is 3. The van der Waals surface area contributed by atoms with Crippen LogP contribution in [0.4, 0.5) is 0 Å². The normalized spacial score (nSPS) is 25.0. The first-order chi connectivity index (χ1) is 16.3. The average molecular weight is 479 g/mol. The summed E-state index contributed by atoms with van der Waals surface area (Å²) in [6.07, 6.45) is 5.01. The summed E-state index contributed by atoms with van der Waals surface area (Å²) >= 11 is 4.12. The van der Waals surface area contributed by atoms with Crippen molar-refractivity contribution >= 4 is 44.5 Å². The van der Waals surface area contributed by atoms with Crippen molar-refractivity contribution in [2.24, 2.45) is 0 Å². The highest BCUT2D eigenvalue weighted by Crippen LogP contribution is 2.66. The van der Waals surface area contributed by atoms with Crippen LogP contribution >= 0.6 is 23.5 Å². The molecule has 34 heavy (non-hydrogen) atoms. The standard InChI is InChI=1S/C32H30S2/c1-19-20(2)22(4)30-26-18-28(24-15-11-8-12-16-24)34-32(26,6)31(5)25(29(30)21(19)3)17-27(33-31)23-13-9-7-10-14-23/h7-18H,1-6H3. The van der Waals surface area contributed by atoms with Gasteiger partial charge < -0.3 is 0 Å². The van der Waals surface area contributed by atoms with Gasteiger partial charge in [-0.05, 0) is 109 Å². The maximum Gasteiger partial charge on any atom is 0.0622 e. The molecular weight excluding hydrogens is 448 g/mol. The van der Waals surface area contributed by atoms with Gasteiger partial charge in [-0.15, -0.1) is 23.5 Å². The number of thioether (sulfide) groups is 2. The molecule has 2 aliphatic heterocycles. The molecule has 1 aliphatic carbocycles. The molecule has 0 radical (unpaired) electrons. The molecule has 170 valence electrons. The van der Waals surface area contributed by atoms with Crippen molar-refractivity contribution in [3.8, 4) is 0 Å². The quantitative estimate of drug-likeness (QED) is 0.378. The van der Waals surface area contributed by atoms with E-state index in [-0.39, 0.29) is 9.49 Å². The van der Waals surface area contributed by atoms with Crippen LogP contribution in [0.1, 0.15) is 47.2 Å². The second kappa shape index (κ2) is 7.54. The van der Waals surface area contributed by atoms with E-state index >= 15 is 0 Å². The maximum absolute atomic E-state index is 2.50. The lowest BCUT2D eigenvalue weighted by molar-refractivity contribution is 0.687. The molecule has 6 rings (SSSR count). The molecule has 2 heterocycles. The topological polar surface area (TPSA) is 0 Å². The summed E-state index contributed by atoms with van der Waals surface area (Å²) in [7, 11) is 0. The van der Waals surface area contributed by atoms with Crippen LogP contribution in [0.15, 0.2) is 72.8 Å². The fourth-order valence-corrected chi connectivity index (χ4v) is 9.09. The zero-order valence-corrected chi connectivity index (χ0v) is 22.4. The molecule has 0 bridgehead atoms. The largest absolute Gasteiger partial charge is 0.112 e. The SMILES string of the molecule is Cc1c(C)c(C)c2c(c1C)=C1C=C(c3ccccc3)SC1(C)C1(C)SC(c3ccccc3)=CC=21. The van der Waals surface area contributed by atoms with Crippen molar-refractivity contribution < 1.29 is 0 Å². The van der Waals surface area contributed by atoms with Crippen molar-refractivity contribution in [3.05, 3.63) is 117 Å². The van der Waals surface area contributed by atoms with Crippen LogP contribution in [0.25, 0.3) is 21.0 Å². The highest BCUT2D eigenvalue weighted by atomic mass is 32.2. The molecule has 0 nitrogen and oxygen atoms in total. The second-order valence-electron chi connectivity index (χ2n) is 10.1. The van der Waals surface area contributed by atoms with E-state index in [2.05, 4.69) is 138 Å². The van der Waals surface area contributed by atoms with Crippen molar-refractivity contribution in [1.82, 2.24) is 0 Å². The zero-order valence-electron chi connectivity index (χ0n) is 20.7. The van der Waals surface area contributed by atoms with Crippen molar-refractivity contribution in [3.63, 3.8) is 0 Å². The van der Waals surface area contributed by atoms with Crippen LogP contribution in [-0.2, 0) is 0 Å². The molecule has 3 aromatic carbocycles. The molecule has 2 atom stereocenters. The fourth-order valence-electron chi connectivity index (χ4n) is 5.95. The first-order valence-corrected chi connectivity index (χ1v) is 13.7. The second-order valence-corrected chi connectivity index (χ2v) is 13.0. The third-order valence-corrected chi connectivity index (χ3v) is 11.8. The predicted molar refractivity (Wildman–Crippen MR) is 152 cm³/mol. The molecule has 0 fully saturated rings. The van der Waals surface area contributed by atoms with E-state index in [4.69, 9.17) is 0 Å². The summed E-state index contributed by atoms with van der Waals surface area (Å²) < 4.78 is -0.117. The molecule has 2 unspecified atom stereocenters. The molecule has 0 spiro atoms. The fraction of sp³-hybridized carbons (Fsp3) is 0.250. The molecule has 0 amide bonds. The van der Waals surface area contributed by atoms with Crippen molar-refractivity contribution in [2.45, 2.75) is 51.0 Å². The van der Waals surface area contributed by atoms with E-state index in [1.54, 1.807) is 0 Å². The predicted octanol–water partition coefficient (Wildman–Crippen LogP) is 7.33. The Hall–Kier alpha value is -2.42. The monoisotopic (exact) mass is 478 g/mol. The lowest BCUT2D eigenvalue weighted by Crippen LogP contribution is -2.55. The van der Waals surface area contributed by atoms with E-state index in [0.717, 1.165) is 0 Å². The minimum absolute atomic E-state index is 0.0584. The van der Waals surface area contributed by atoms with Crippen LogP contribution < -0.4 is 10.4 Å². The van der Waals surface area contributed by atoms with Gasteiger partial charge >= 0.3 is 0 Å². The molecule has 3 aromatic rings. The van der Waals surface area contributed by atoms with Crippen LogP contribution in [0.3, 0.4) is 0 Å². The van der Waals surface area contributed by atoms with E-state index in [1.807, 2.05) is 0 Å². The van der Waals surface area contributed by atoms with Gasteiger partial charge in [-0.3, -0.25) is 0 Å². The van der Waals surface area contributed by atoms with E-state index < -0.39 is 0 Å². The molecule has 0 aromatic heterocycles. The summed E-state index contributed by atoms with van der Waals surface area (Å²) in [6.45, 7) is 14.2. The molecule has 0 N–H and O–H groups in total. The Bertz CT molecular complexity index is 1420. The van der Waals surface area contributed by atoms with Crippen molar-refractivity contribution in [2.75, 3.05) is 0 Å². The lowest BCUT2D eigenvalue weighted by atomic mass is 9.73. The Kier molecular flexibility index (Phi) is 4.89. The van der Waals surface area contributed by atoms with E-state index in [0.29, 0.717) is 0 Å². The summed E-state index contributed by atoms with van der Waals surface area (Å²) in [5, 5.41) is 2.94. The van der Waals surface area contributed by atoms with Gasteiger partial charge in [0.05, 0.1) is 9.49 Å². The molecule has 2 heteroatoms. The third-order valence-electron chi connectivity index (χ3n) is 8.46. The summed E-state index contributed by atoms with van der Waals surface area (Å²) in [6, 6.07) is 21.8. The van der Waals surface area contributed by atoms with Gasteiger partial charge in [-0.25, -0.2) is 0 Å². The zero-order chi connectivity index (χ0) is 23.8. The number of hydrogen-bond donors (Lipinski definition) is 0. The Labute approximate surface area is 211 Å². The average Bonchev–Trinajstić information content (AvgIpc) is 3.41. The molecule has 0 saturated heterocycles. The highest BCUT2D eigenvalue weighted by Gasteiger charge is 2.57. The highest BCUT2D eigenvalue weighted by molar-refractivity contribution is 8.14. The Balaban J connectivity index is 1.75. The van der Waals surface area contributed by atoms with Gasteiger partial charge in [0.25, 0.3) is 0 Å². The minimum Gasteiger partial charge on any atom is -0.112 e. The van der Waals surface area contributed by atoms with Gasteiger partial charge in [0.15, 0.2) is 0 Å². The summed E-state index contributed by atoms with van der Waals surface area (Å²) in [5.74, 6) is 0. The molecular formula is C32H30S2. The maximum atomic E-state index is 2.50. The van der Waals surface area contributed by atoms with Gasteiger partial charge in [0, 0.05) is 9.81 Å². The van der Waals surface area contributed by atoms with Gasteiger partial charge in [0.1, 0.15) is 0 Å². The number of allylic oxidation sites excluding steroid dienone is 2. The first-order valence-electron chi connectivity index (χ1n) is 12.0. The minimum atomic E-state index is -0.0584. The van der Waals surface area contributed by atoms with Gasteiger partial charge in [0.2, 0.25) is 0 Å². The van der Waals surface area contributed by atoms with Crippen LogP contribution in [0.5, 0.6) is 0 Å². The van der Waals surface area contributed by atoms with E-state index in [1.165, 1.54) is 64.8 Å². The van der Waals surface area contributed by atoms with Crippen LogP contribution in [0.2, 0.25) is 0 Å². The Morgan fingerprint density at radius 1 is 0.500 bits per heavy atom.